The summed E-state index contributed by atoms with van der Waals surface area (Å²) >= 11 is 0. The number of rotatable bonds is 5. The molecule has 4 amide bonds. The van der Waals surface area contributed by atoms with Gasteiger partial charge in [-0.15, -0.1) is 0 Å². The van der Waals surface area contributed by atoms with Crippen molar-refractivity contribution in [3.8, 4) is 11.5 Å². The Hall–Kier alpha value is -2.77. The van der Waals surface area contributed by atoms with Gasteiger partial charge in [0.1, 0.15) is 5.54 Å². The zero-order valence-electron chi connectivity index (χ0n) is 17.7. The summed E-state index contributed by atoms with van der Waals surface area (Å²) < 4.78 is 12.2. The van der Waals surface area contributed by atoms with Crippen molar-refractivity contribution in [2.24, 2.45) is 0 Å². The molecule has 2 spiro atoms. The lowest BCUT2D eigenvalue weighted by Gasteiger charge is -2.31. The van der Waals surface area contributed by atoms with Gasteiger partial charge in [0, 0.05) is 37.6 Å². The normalized spacial score (nSPS) is 22.9. The monoisotopic (exact) mass is 427 g/mol. The van der Waals surface area contributed by atoms with E-state index in [1.54, 1.807) is 6.07 Å². The minimum absolute atomic E-state index is 0.136. The molecule has 8 nitrogen and oxygen atoms in total. The molecule has 0 bridgehead atoms. The number of anilines is 1. The Morgan fingerprint density at radius 3 is 2.48 bits per heavy atom. The standard InChI is InChI=1S/C23H29N3O5/c27-19(7-6-14-26-20(28)22(25-21(26)29)10-4-5-11-22)24-16-8-9-17-18(15-16)31-23(30-17)12-2-1-3-13-23/h8-9,15H,1-7,10-14H2,(H,24,27)(H,25,29). The van der Waals surface area contributed by atoms with Crippen molar-refractivity contribution in [2.75, 3.05) is 11.9 Å². The summed E-state index contributed by atoms with van der Waals surface area (Å²) in [7, 11) is 0. The third-order valence-corrected chi connectivity index (χ3v) is 6.92. The molecule has 0 radical (unpaired) electrons. The number of benzene rings is 1. The molecule has 8 heteroatoms. The molecule has 3 fully saturated rings. The van der Waals surface area contributed by atoms with E-state index in [4.69, 9.17) is 9.47 Å². The Kier molecular flexibility index (Phi) is 5.02. The van der Waals surface area contributed by atoms with Crippen molar-refractivity contribution in [3.05, 3.63) is 18.2 Å². The minimum atomic E-state index is -0.693. The van der Waals surface area contributed by atoms with E-state index in [0.29, 0.717) is 30.7 Å². The van der Waals surface area contributed by atoms with Crippen LogP contribution in [-0.4, -0.2) is 40.6 Å². The topological polar surface area (TPSA) is 97.0 Å². The second-order valence-electron chi connectivity index (χ2n) is 9.16. The van der Waals surface area contributed by atoms with Crippen molar-refractivity contribution in [1.82, 2.24) is 10.2 Å². The van der Waals surface area contributed by atoms with E-state index in [0.717, 1.165) is 44.3 Å². The molecule has 2 N–H and O–H groups in total. The van der Waals surface area contributed by atoms with Gasteiger partial charge in [-0.1, -0.05) is 19.3 Å². The average molecular weight is 428 g/mol. The Balaban J connectivity index is 1.12. The number of amides is 4. The highest BCUT2D eigenvalue weighted by Gasteiger charge is 2.52. The molecule has 0 unspecified atom stereocenters. The molecule has 1 aromatic carbocycles. The molecule has 5 rings (SSSR count). The maximum Gasteiger partial charge on any atom is 0.325 e. The number of ether oxygens (including phenoxy) is 2. The number of urea groups is 1. The van der Waals surface area contributed by atoms with Crippen LogP contribution in [0.1, 0.15) is 70.6 Å². The first kappa shape index (κ1) is 20.2. The second kappa shape index (κ2) is 7.73. The lowest BCUT2D eigenvalue weighted by atomic mass is 9.94. The average Bonchev–Trinajstić information content (AvgIpc) is 3.41. The fraction of sp³-hybridized carbons (Fsp3) is 0.609. The van der Waals surface area contributed by atoms with Crippen LogP contribution < -0.4 is 20.1 Å². The van der Waals surface area contributed by atoms with Gasteiger partial charge in [-0.3, -0.25) is 14.5 Å². The largest absolute Gasteiger partial charge is 0.448 e. The molecule has 1 aromatic rings. The smallest absolute Gasteiger partial charge is 0.325 e. The Morgan fingerprint density at radius 2 is 1.71 bits per heavy atom. The van der Waals surface area contributed by atoms with E-state index in [9.17, 15) is 14.4 Å². The number of carbonyl (C=O) groups is 3. The van der Waals surface area contributed by atoms with Crippen LogP contribution in [0.4, 0.5) is 10.5 Å². The number of fused-ring (bicyclic) bond motifs is 1. The molecule has 1 saturated heterocycles. The highest BCUT2D eigenvalue weighted by molar-refractivity contribution is 6.07. The van der Waals surface area contributed by atoms with Gasteiger partial charge in [0.15, 0.2) is 11.5 Å². The molecular weight excluding hydrogens is 398 g/mol. The van der Waals surface area contributed by atoms with Crippen molar-refractivity contribution < 1.29 is 23.9 Å². The molecule has 0 atom stereocenters. The molecule has 31 heavy (non-hydrogen) atoms. The zero-order chi connectivity index (χ0) is 21.5. The molecule has 2 heterocycles. The molecule has 2 aliphatic heterocycles. The van der Waals surface area contributed by atoms with Crippen LogP contribution in [0.2, 0.25) is 0 Å². The number of carbonyl (C=O) groups excluding carboxylic acids is 3. The fourth-order valence-electron chi connectivity index (χ4n) is 5.28. The van der Waals surface area contributed by atoms with E-state index in [1.807, 2.05) is 12.1 Å². The predicted molar refractivity (Wildman–Crippen MR) is 113 cm³/mol. The summed E-state index contributed by atoms with van der Waals surface area (Å²) in [5, 5.41) is 5.75. The van der Waals surface area contributed by atoms with E-state index in [-0.39, 0.29) is 30.8 Å². The van der Waals surface area contributed by atoms with E-state index in [2.05, 4.69) is 10.6 Å². The third kappa shape index (κ3) is 3.72. The van der Waals surface area contributed by atoms with Crippen molar-refractivity contribution in [1.29, 1.82) is 0 Å². The Labute approximate surface area is 181 Å². The summed E-state index contributed by atoms with van der Waals surface area (Å²) in [4.78, 5) is 38.5. The van der Waals surface area contributed by atoms with Crippen LogP contribution in [0, 0.1) is 0 Å². The molecule has 2 saturated carbocycles. The minimum Gasteiger partial charge on any atom is -0.448 e. The maximum absolute atomic E-state index is 12.7. The van der Waals surface area contributed by atoms with Crippen molar-refractivity contribution in [3.63, 3.8) is 0 Å². The van der Waals surface area contributed by atoms with Gasteiger partial charge in [-0.25, -0.2) is 4.79 Å². The van der Waals surface area contributed by atoms with Gasteiger partial charge in [0.25, 0.3) is 11.7 Å². The molecule has 4 aliphatic rings. The van der Waals surface area contributed by atoms with Crippen LogP contribution >= 0.6 is 0 Å². The van der Waals surface area contributed by atoms with Gasteiger partial charge in [0.2, 0.25) is 5.91 Å². The van der Waals surface area contributed by atoms with Crippen LogP contribution in [-0.2, 0) is 9.59 Å². The first-order chi connectivity index (χ1) is 15.0. The van der Waals surface area contributed by atoms with Crippen LogP contribution in [0.15, 0.2) is 18.2 Å². The van der Waals surface area contributed by atoms with E-state index in [1.165, 1.54) is 11.3 Å². The number of nitrogens with one attached hydrogen (secondary N) is 2. The summed E-state index contributed by atoms with van der Waals surface area (Å²) in [5.74, 6) is 0.555. The third-order valence-electron chi connectivity index (χ3n) is 6.92. The summed E-state index contributed by atoms with van der Waals surface area (Å²) in [6, 6.07) is 5.11. The number of imide groups is 1. The fourth-order valence-corrected chi connectivity index (χ4v) is 5.28. The number of hydrogen-bond acceptors (Lipinski definition) is 5. The summed E-state index contributed by atoms with van der Waals surface area (Å²) in [6.45, 7) is 0.253. The first-order valence-corrected chi connectivity index (χ1v) is 11.4. The van der Waals surface area contributed by atoms with Gasteiger partial charge < -0.3 is 20.1 Å². The zero-order valence-corrected chi connectivity index (χ0v) is 17.7. The Morgan fingerprint density at radius 1 is 1.00 bits per heavy atom. The van der Waals surface area contributed by atoms with Crippen molar-refractivity contribution in [2.45, 2.75) is 82.0 Å². The van der Waals surface area contributed by atoms with E-state index >= 15 is 0 Å². The van der Waals surface area contributed by atoms with Gasteiger partial charge in [-0.2, -0.15) is 0 Å². The van der Waals surface area contributed by atoms with Crippen LogP contribution in [0.5, 0.6) is 11.5 Å². The second-order valence-corrected chi connectivity index (χ2v) is 9.16. The Bertz CT molecular complexity index is 902. The van der Waals surface area contributed by atoms with Crippen molar-refractivity contribution >= 4 is 23.5 Å². The number of nitrogens with zero attached hydrogens (tertiary/aromatic N) is 1. The van der Waals surface area contributed by atoms with Gasteiger partial charge in [0.05, 0.1) is 0 Å². The lowest BCUT2D eigenvalue weighted by molar-refractivity contribution is -0.131. The molecular formula is C23H29N3O5. The van der Waals surface area contributed by atoms with Gasteiger partial charge >= 0.3 is 6.03 Å². The molecule has 0 aromatic heterocycles. The summed E-state index contributed by atoms with van der Waals surface area (Å²) in [6.07, 6.45) is 9.14. The number of hydrogen-bond donors (Lipinski definition) is 2. The van der Waals surface area contributed by atoms with Crippen LogP contribution in [0.25, 0.3) is 0 Å². The summed E-state index contributed by atoms with van der Waals surface area (Å²) in [5.41, 5.74) is -0.0401. The van der Waals surface area contributed by atoms with Crippen LogP contribution in [0.3, 0.4) is 0 Å². The quantitative estimate of drug-likeness (QED) is 0.699. The first-order valence-electron chi connectivity index (χ1n) is 11.4. The highest BCUT2D eigenvalue weighted by atomic mass is 16.7. The SMILES string of the molecule is O=C(CCCN1C(=O)NC2(CCCC2)C1=O)Nc1ccc2c(c1)OC1(CCCCC1)O2. The maximum atomic E-state index is 12.7. The van der Waals surface area contributed by atoms with Gasteiger partial charge in [-0.05, 0) is 44.2 Å². The van der Waals surface area contributed by atoms with E-state index < -0.39 is 11.3 Å². The lowest BCUT2D eigenvalue weighted by Crippen LogP contribution is -2.44. The predicted octanol–water partition coefficient (Wildman–Crippen LogP) is 3.70. The molecule has 166 valence electrons. The molecule has 2 aliphatic carbocycles. The highest BCUT2D eigenvalue weighted by Crippen LogP contribution is 2.46.